The first kappa shape index (κ1) is 16.4. The van der Waals surface area contributed by atoms with Gasteiger partial charge in [-0.2, -0.15) is 0 Å². The number of hydrogen-bond donors (Lipinski definition) is 1. The summed E-state index contributed by atoms with van der Waals surface area (Å²) in [7, 11) is 0. The fourth-order valence-electron chi connectivity index (χ4n) is 2.25. The van der Waals surface area contributed by atoms with E-state index in [9.17, 15) is 9.90 Å². The highest BCUT2D eigenvalue weighted by atomic mass is 16.4. The molecule has 0 aromatic rings. The van der Waals surface area contributed by atoms with Crippen molar-refractivity contribution < 1.29 is 9.90 Å². The maximum absolute atomic E-state index is 11.6. The SMILES string of the molecule is CCCC(C)(C(=O)O)N(CC(C)C)CC(C)C. The van der Waals surface area contributed by atoms with Crippen molar-refractivity contribution >= 4 is 5.97 Å². The van der Waals surface area contributed by atoms with E-state index in [4.69, 9.17) is 0 Å². The Morgan fingerprint density at radius 3 is 1.82 bits per heavy atom. The van der Waals surface area contributed by atoms with Crippen LogP contribution < -0.4 is 0 Å². The average molecular weight is 243 g/mol. The number of nitrogens with zero attached hydrogens (tertiary/aromatic N) is 1. The fourth-order valence-corrected chi connectivity index (χ4v) is 2.25. The molecule has 17 heavy (non-hydrogen) atoms. The maximum Gasteiger partial charge on any atom is 0.323 e. The van der Waals surface area contributed by atoms with Crippen molar-refractivity contribution in [3.8, 4) is 0 Å². The molecule has 102 valence electrons. The monoisotopic (exact) mass is 243 g/mol. The second-order valence-electron chi connectivity index (χ2n) is 6.02. The Bertz CT molecular complexity index is 228. The third kappa shape index (κ3) is 5.07. The van der Waals surface area contributed by atoms with Gasteiger partial charge in [-0.05, 0) is 25.2 Å². The van der Waals surface area contributed by atoms with Gasteiger partial charge in [-0.25, -0.2) is 0 Å². The molecule has 0 spiro atoms. The molecule has 0 aliphatic carbocycles. The predicted octanol–water partition coefficient (Wildman–Crippen LogP) is 3.24. The van der Waals surface area contributed by atoms with Gasteiger partial charge in [0.05, 0.1) is 0 Å². The van der Waals surface area contributed by atoms with Crippen molar-refractivity contribution in [1.82, 2.24) is 4.90 Å². The normalized spacial score (nSPS) is 15.6. The molecule has 0 aliphatic rings. The van der Waals surface area contributed by atoms with Gasteiger partial charge in [0.15, 0.2) is 0 Å². The molecule has 0 saturated carbocycles. The zero-order valence-electron chi connectivity index (χ0n) is 12.3. The molecule has 0 aliphatic heterocycles. The van der Waals surface area contributed by atoms with E-state index in [-0.39, 0.29) is 0 Å². The van der Waals surface area contributed by atoms with Crippen molar-refractivity contribution in [3.63, 3.8) is 0 Å². The number of carbonyl (C=O) groups is 1. The summed E-state index contributed by atoms with van der Waals surface area (Å²) in [5.41, 5.74) is -0.719. The average Bonchev–Trinajstić information content (AvgIpc) is 2.15. The molecule has 1 unspecified atom stereocenters. The molecule has 0 fully saturated rings. The van der Waals surface area contributed by atoms with E-state index in [1.54, 1.807) is 0 Å². The van der Waals surface area contributed by atoms with E-state index in [1.807, 2.05) is 13.8 Å². The van der Waals surface area contributed by atoms with Crippen LogP contribution in [0, 0.1) is 11.8 Å². The summed E-state index contributed by atoms with van der Waals surface area (Å²) < 4.78 is 0. The molecule has 3 nitrogen and oxygen atoms in total. The number of hydrogen-bond acceptors (Lipinski definition) is 2. The van der Waals surface area contributed by atoms with Gasteiger partial charge in [0.1, 0.15) is 5.54 Å². The lowest BCUT2D eigenvalue weighted by atomic mass is 9.91. The highest BCUT2D eigenvalue weighted by Gasteiger charge is 2.38. The minimum Gasteiger partial charge on any atom is -0.480 e. The van der Waals surface area contributed by atoms with Crippen LogP contribution in [-0.2, 0) is 4.79 Å². The summed E-state index contributed by atoms with van der Waals surface area (Å²) in [6.07, 6.45) is 1.61. The standard InChI is InChI=1S/C14H29NO2/c1-7-8-14(6,13(16)17)15(9-11(2)3)10-12(4)5/h11-12H,7-10H2,1-6H3,(H,16,17). The van der Waals surface area contributed by atoms with Crippen molar-refractivity contribution in [2.45, 2.75) is 59.9 Å². The van der Waals surface area contributed by atoms with E-state index in [1.165, 1.54) is 0 Å². The molecule has 1 atom stereocenters. The second-order valence-corrected chi connectivity index (χ2v) is 6.02. The summed E-state index contributed by atoms with van der Waals surface area (Å²) in [5, 5.41) is 9.52. The van der Waals surface area contributed by atoms with Crippen LogP contribution in [0.25, 0.3) is 0 Å². The Kier molecular flexibility index (Phi) is 6.76. The zero-order valence-corrected chi connectivity index (χ0v) is 12.3. The molecule has 0 amide bonds. The van der Waals surface area contributed by atoms with Gasteiger partial charge in [0, 0.05) is 13.1 Å². The molecule has 3 heteroatoms. The highest BCUT2D eigenvalue weighted by Crippen LogP contribution is 2.24. The van der Waals surface area contributed by atoms with Gasteiger partial charge >= 0.3 is 5.97 Å². The molecule has 0 aromatic heterocycles. The first-order valence-corrected chi connectivity index (χ1v) is 6.72. The van der Waals surface area contributed by atoms with Gasteiger partial charge in [-0.1, -0.05) is 41.0 Å². The largest absolute Gasteiger partial charge is 0.480 e. The van der Waals surface area contributed by atoms with Crippen LogP contribution in [-0.4, -0.2) is 34.6 Å². The van der Waals surface area contributed by atoms with Crippen LogP contribution in [0.1, 0.15) is 54.4 Å². The van der Waals surface area contributed by atoms with Crippen LogP contribution in [0.15, 0.2) is 0 Å². The number of carboxylic acid groups (broad SMARTS) is 1. The van der Waals surface area contributed by atoms with Crippen molar-refractivity contribution in [3.05, 3.63) is 0 Å². The number of aliphatic carboxylic acids is 1. The van der Waals surface area contributed by atoms with Gasteiger partial charge in [-0.15, -0.1) is 0 Å². The number of rotatable bonds is 8. The molecular formula is C14H29NO2. The highest BCUT2D eigenvalue weighted by molar-refractivity contribution is 5.78. The smallest absolute Gasteiger partial charge is 0.323 e. The molecule has 0 heterocycles. The lowest BCUT2D eigenvalue weighted by Crippen LogP contribution is -2.54. The van der Waals surface area contributed by atoms with E-state index in [0.717, 1.165) is 19.5 Å². The Labute approximate surface area is 106 Å². The molecule has 1 N–H and O–H groups in total. The maximum atomic E-state index is 11.6. The van der Waals surface area contributed by atoms with Crippen LogP contribution in [0.5, 0.6) is 0 Å². The fraction of sp³-hybridized carbons (Fsp3) is 0.929. The zero-order chi connectivity index (χ0) is 13.6. The van der Waals surface area contributed by atoms with E-state index >= 15 is 0 Å². The molecule has 0 saturated heterocycles. The number of carboxylic acids is 1. The summed E-state index contributed by atoms with van der Waals surface area (Å²) in [6, 6.07) is 0. The van der Waals surface area contributed by atoms with E-state index < -0.39 is 11.5 Å². The minimum atomic E-state index is -0.719. The molecular weight excluding hydrogens is 214 g/mol. The molecule has 0 bridgehead atoms. The summed E-state index contributed by atoms with van der Waals surface area (Å²) in [5.74, 6) is 0.286. The third-order valence-electron chi connectivity index (χ3n) is 3.07. The molecule has 0 rings (SSSR count). The van der Waals surface area contributed by atoms with E-state index in [0.29, 0.717) is 18.3 Å². The van der Waals surface area contributed by atoms with Crippen molar-refractivity contribution in [2.24, 2.45) is 11.8 Å². The minimum absolute atomic E-state index is 0.490. The quantitative estimate of drug-likeness (QED) is 0.711. The summed E-state index contributed by atoms with van der Waals surface area (Å²) >= 11 is 0. The Morgan fingerprint density at radius 1 is 1.18 bits per heavy atom. The lowest BCUT2D eigenvalue weighted by molar-refractivity contribution is -0.152. The van der Waals surface area contributed by atoms with Crippen molar-refractivity contribution in [1.29, 1.82) is 0 Å². The third-order valence-corrected chi connectivity index (χ3v) is 3.07. The van der Waals surface area contributed by atoms with Gasteiger partial charge in [0.25, 0.3) is 0 Å². The van der Waals surface area contributed by atoms with Gasteiger partial charge < -0.3 is 5.11 Å². The Hall–Kier alpha value is -0.570. The van der Waals surface area contributed by atoms with Gasteiger partial charge in [0.2, 0.25) is 0 Å². The van der Waals surface area contributed by atoms with Crippen LogP contribution in [0.2, 0.25) is 0 Å². The van der Waals surface area contributed by atoms with Crippen LogP contribution in [0.4, 0.5) is 0 Å². The Morgan fingerprint density at radius 2 is 1.59 bits per heavy atom. The predicted molar refractivity (Wildman–Crippen MR) is 72.2 cm³/mol. The first-order chi connectivity index (χ1) is 7.74. The topological polar surface area (TPSA) is 40.5 Å². The van der Waals surface area contributed by atoms with Gasteiger partial charge in [-0.3, -0.25) is 9.69 Å². The lowest BCUT2D eigenvalue weighted by Gasteiger charge is -2.40. The molecule has 0 radical (unpaired) electrons. The summed E-state index contributed by atoms with van der Waals surface area (Å²) in [6.45, 7) is 14.2. The van der Waals surface area contributed by atoms with Crippen LogP contribution >= 0.6 is 0 Å². The Balaban J connectivity index is 4.98. The first-order valence-electron chi connectivity index (χ1n) is 6.72. The summed E-state index contributed by atoms with van der Waals surface area (Å²) in [4.78, 5) is 13.7. The second kappa shape index (κ2) is 7.00. The van der Waals surface area contributed by atoms with Crippen molar-refractivity contribution in [2.75, 3.05) is 13.1 Å². The van der Waals surface area contributed by atoms with E-state index in [2.05, 4.69) is 32.6 Å². The molecule has 0 aromatic carbocycles. The van der Waals surface area contributed by atoms with Crippen LogP contribution in [0.3, 0.4) is 0 Å².